The quantitative estimate of drug-likeness (QED) is 0.0750. The molecule has 210 valence electrons. The van der Waals surface area contributed by atoms with Gasteiger partial charge in [-0.05, 0) is 44.7 Å². The van der Waals surface area contributed by atoms with Gasteiger partial charge in [0.1, 0.15) is 0 Å². The lowest BCUT2D eigenvalue weighted by atomic mass is 9.89. The Bertz CT molecular complexity index is 361. The molecule has 0 aliphatic rings. The molecule has 0 aromatic rings. The highest BCUT2D eigenvalue weighted by Gasteiger charge is 2.08. The van der Waals surface area contributed by atoms with Crippen LogP contribution < -0.4 is 5.32 Å². The summed E-state index contributed by atoms with van der Waals surface area (Å²) in [6.45, 7) is 10.9. The average Bonchev–Trinajstić information content (AvgIpc) is 2.87. The molecule has 1 N–H and O–H groups in total. The normalized spacial score (nSPS) is 11.5. The molecule has 0 amide bonds. The second-order valence-corrected chi connectivity index (χ2v) is 11.5. The Labute approximate surface area is 224 Å². The van der Waals surface area contributed by atoms with Gasteiger partial charge in [0.05, 0.1) is 0 Å². The molecule has 0 saturated heterocycles. The Morgan fingerprint density at radius 3 is 1.20 bits per heavy atom. The lowest BCUT2D eigenvalue weighted by molar-refractivity contribution is 0.365. The van der Waals surface area contributed by atoms with Crippen LogP contribution in [0, 0.1) is 5.92 Å². The van der Waals surface area contributed by atoms with Gasteiger partial charge in [-0.2, -0.15) is 0 Å². The molecular weight excluding hydrogens is 422 g/mol. The minimum Gasteiger partial charge on any atom is -0.317 e. The number of nitrogens with one attached hydrogen (secondary N) is 1. The summed E-state index contributed by atoms with van der Waals surface area (Å²) in [6.07, 6.45) is 40.8. The molecule has 0 aromatic carbocycles. The largest absolute Gasteiger partial charge is 0.317 e. The van der Waals surface area contributed by atoms with Crippen molar-refractivity contribution in [2.45, 2.75) is 187 Å². The van der Waals surface area contributed by atoms with Crippen LogP contribution in [0.3, 0.4) is 0 Å². The van der Waals surface area contributed by atoms with E-state index in [2.05, 4.69) is 25.7 Å². The topological polar surface area (TPSA) is 12.0 Å². The summed E-state index contributed by atoms with van der Waals surface area (Å²) in [6, 6.07) is 0. The monoisotopic (exact) mass is 492 g/mol. The van der Waals surface area contributed by atoms with E-state index in [9.17, 15) is 0 Å². The summed E-state index contributed by atoms with van der Waals surface area (Å²) in [5, 5.41) is 3.62. The van der Waals surface area contributed by atoms with Crippen LogP contribution in [0.25, 0.3) is 0 Å². The van der Waals surface area contributed by atoms with Crippen molar-refractivity contribution >= 4 is 0 Å². The van der Waals surface area contributed by atoms with Crippen LogP contribution in [0.15, 0.2) is 12.7 Å². The predicted molar refractivity (Wildman–Crippen MR) is 163 cm³/mol. The van der Waals surface area contributed by atoms with E-state index in [-0.39, 0.29) is 0 Å². The molecule has 1 heteroatoms. The first-order valence-corrected chi connectivity index (χ1v) is 16.7. The van der Waals surface area contributed by atoms with Crippen LogP contribution in [0.4, 0.5) is 0 Å². The fourth-order valence-corrected chi connectivity index (χ4v) is 5.44. The number of hydrogen-bond donors (Lipinski definition) is 1. The van der Waals surface area contributed by atoms with E-state index in [0.717, 1.165) is 5.92 Å². The fourth-order valence-electron chi connectivity index (χ4n) is 5.44. The Morgan fingerprint density at radius 2 is 0.800 bits per heavy atom. The number of allylic oxidation sites excluding steroid dienone is 1. The van der Waals surface area contributed by atoms with E-state index in [1.165, 1.54) is 186 Å². The number of hydrogen-bond acceptors (Lipinski definition) is 1. The van der Waals surface area contributed by atoms with Crippen LogP contribution in [-0.2, 0) is 0 Å². The first kappa shape index (κ1) is 34.7. The molecule has 0 radical (unpaired) electrons. The molecule has 0 aliphatic carbocycles. The highest BCUT2D eigenvalue weighted by molar-refractivity contribution is 4.65. The molecule has 0 atom stereocenters. The average molecular weight is 492 g/mol. The zero-order chi connectivity index (χ0) is 25.5. The van der Waals surface area contributed by atoms with E-state index >= 15 is 0 Å². The van der Waals surface area contributed by atoms with Crippen molar-refractivity contribution in [2.24, 2.45) is 5.92 Å². The highest BCUT2D eigenvalue weighted by Crippen LogP contribution is 2.25. The molecule has 0 heterocycles. The molecule has 0 aliphatic heterocycles. The van der Waals surface area contributed by atoms with Gasteiger partial charge in [0.15, 0.2) is 0 Å². The zero-order valence-corrected chi connectivity index (χ0v) is 24.9. The lowest BCUT2D eigenvalue weighted by Gasteiger charge is -2.17. The van der Waals surface area contributed by atoms with E-state index in [4.69, 9.17) is 0 Å². The van der Waals surface area contributed by atoms with Crippen molar-refractivity contribution in [3.8, 4) is 0 Å². The van der Waals surface area contributed by atoms with Gasteiger partial charge in [0.2, 0.25) is 0 Å². The van der Waals surface area contributed by atoms with Crippen LogP contribution in [0.2, 0.25) is 0 Å². The Kier molecular flexibility index (Phi) is 31.5. The van der Waals surface area contributed by atoms with E-state index in [0.29, 0.717) is 0 Å². The third kappa shape index (κ3) is 29.8. The second kappa shape index (κ2) is 31.7. The first-order valence-electron chi connectivity index (χ1n) is 16.7. The summed E-state index contributed by atoms with van der Waals surface area (Å²) in [5.41, 5.74) is 0. The van der Waals surface area contributed by atoms with Crippen molar-refractivity contribution in [1.29, 1.82) is 0 Å². The number of unbranched alkanes of at least 4 members (excludes halogenated alkanes) is 20. The van der Waals surface area contributed by atoms with Crippen molar-refractivity contribution in [2.75, 3.05) is 13.1 Å². The molecule has 0 bridgehead atoms. The van der Waals surface area contributed by atoms with Gasteiger partial charge in [-0.3, -0.25) is 0 Å². The third-order valence-corrected chi connectivity index (χ3v) is 7.91. The van der Waals surface area contributed by atoms with E-state index in [1.54, 1.807) is 0 Å². The number of rotatable bonds is 31. The SMILES string of the molecule is C=CCCCCCNCCCCCCCCCCC(CCCCCCCC)CCCCCCCC. The standard InChI is InChI=1S/C34H69N/c1-4-7-10-13-19-24-29-34(30-25-20-14-11-8-5-2)31-26-21-17-15-16-18-23-28-33-35-32-27-22-12-9-6-3/h6,34-35H,3-5,7-33H2,1-2H3. The van der Waals surface area contributed by atoms with Crippen LogP contribution >= 0.6 is 0 Å². The maximum atomic E-state index is 3.79. The third-order valence-electron chi connectivity index (χ3n) is 7.91. The van der Waals surface area contributed by atoms with Crippen molar-refractivity contribution < 1.29 is 0 Å². The maximum Gasteiger partial charge on any atom is -0.00489 e. The highest BCUT2D eigenvalue weighted by atomic mass is 14.8. The second-order valence-electron chi connectivity index (χ2n) is 11.5. The van der Waals surface area contributed by atoms with Gasteiger partial charge >= 0.3 is 0 Å². The summed E-state index contributed by atoms with van der Waals surface area (Å²) in [5.74, 6) is 1.03. The van der Waals surface area contributed by atoms with Crippen LogP contribution in [0.5, 0.6) is 0 Å². The van der Waals surface area contributed by atoms with Crippen molar-refractivity contribution in [3.63, 3.8) is 0 Å². The summed E-state index contributed by atoms with van der Waals surface area (Å²) < 4.78 is 0. The minimum atomic E-state index is 1.03. The fraction of sp³-hybridized carbons (Fsp3) is 0.941. The lowest BCUT2D eigenvalue weighted by Crippen LogP contribution is -2.16. The predicted octanol–water partition coefficient (Wildman–Crippen LogP) is 12.0. The summed E-state index contributed by atoms with van der Waals surface area (Å²) in [4.78, 5) is 0. The molecule has 1 nitrogen and oxygen atoms in total. The van der Waals surface area contributed by atoms with Gasteiger partial charge in [0.25, 0.3) is 0 Å². The molecule has 0 spiro atoms. The van der Waals surface area contributed by atoms with Gasteiger partial charge in [-0.1, -0.05) is 168 Å². The minimum absolute atomic E-state index is 1.03. The molecule has 35 heavy (non-hydrogen) atoms. The Balaban J connectivity index is 3.63. The first-order chi connectivity index (χ1) is 17.3. The molecule has 0 rings (SSSR count). The van der Waals surface area contributed by atoms with Crippen LogP contribution in [0.1, 0.15) is 187 Å². The summed E-state index contributed by atoms with van der Waals surface area (Å²) >= 11 is 0. The molecule has 0 unspecified atom stereocenters. The maximum absolute atomic E-state index is 3.79. The van der Waals surface area contributed by atoms with Gasteiger partial charge < -0.3 is 5.32 Å². The van der Waals surface area contributed by atoms with Gasteiger partial charge in [-0.15, -0.1) is 6.58 Å². The van der Waals surface area contributed by atoms with Gasteiger partial charge in [0, 0.05) is 0 Å². The smallest absolute Gasteiger partial charge is 0.00489 e. The van der Waals surface area contributed by atoms with Crippen LogP contribution in [-0.4, -0.2) is 13.1 Å². The van der Waals surface area contributed by atoms with Gasteiger partial charge in [-0.25, -0.2) is 0 Å². The Morgan fingerprint density at radius 1 is 0.457 bits per heavy atom. The molecule has 0 aromatic heterocycles. The zero-order valence-electron chi connectivity index (χ0n) is 24.9. The van der Waals surface area contributed by atoms with Crippen molar-refractivity contribution in [1.82, 2.24) is 5.32 Å². The van der Waals surface area contributed by atoms with E-state index in [1.807, 2.05) is 6.08 Å². The molecule has 0 fully saturated rings. The molecular formula is C34H69N. The van der Waals surface area contributed by atoms with E-state index < -0.39 is 0 Å². The van der Waals surface area contributed by atoms with Crippen molar-refractivity contribution in [3.05, 3.63) is 12.7 Å². The Hall–Kier alpha value is -0.300. The summed E-state index contributed by atoms with van der Waals surface area (Å²) in [7, 11) is 0. The molecule has 0 saturated carbocycles.